The molecule has 10 heteroatoms. The normalized spacial score (nSPS) is 15.2. The Kier molecular flexibility index (Phi) is 6.28. The summed E-state index contributed by atoms with van der Waals surface area (Å²) < 4.78 is 33.2. The summed E-state index contributed by atoms with van der Waals surface area (Å²) in [5.41, 5.74) is 0.711. The van der Waals surface area contributed by atoms with Crippen molar-refractivity contribution in [3.8, 4) is 0 Å². The molecule has 2 heterocycles. The molecule has 0 unspecified atom stereocenters. The van der Waals surface area contributed by atoms with Crippen molar-refractivity contribution < 1.29 is 17.9 Å². The van der Waals surface area contributed by atoms with E-state index in [9.17, 15) is 13.2 Å². The predicted octanol–water partition coefficient (Wildman–Crippen LogP) is 5.24. The highest BCUT2D eigenvalue weighted by molar-refractivity contribution is 7.90. The van der Waals surface area contributed by atoms with E-state index < -0.39 is 15.6 Å². The van der Waals surface area contributed by atoms with Gasteiger partial charge >= 0.3 is 6.09 Å². The zero-order valence-corrected chi connectivity index (χ0v) is 20.9. The van der Waals surface area contributed by atoms with Crippen LogP contribution >= 0.6 is 23.2 Å². The monoisotopic (exact) mass is 509 g/mol. The summed E-state index contributed by atoms with van der Waals surface area (Å²) in [6.45, 7) is 7.55. The van der Waals surface area contributed by atoms with Gasteiger partial charge in [-0.05, 0) is 57.2 Å². The number of hydrogen-bond donors (Lipinski definition) is 0. The fourth-order valence-corrected chi connectivity index (χ4v) is 5.79. The highest BCUT2D eigenvalue weighted by atomic mass is 35.5. The Morgan fingerprint density at radius 1 is 1.00 bits per heavy atom. The molecule has 1 aliphatic rings. The molecule has 3 aromatic rings. The van der Waals surface area contributed by atoms with Gasteiger partial charge in [0, 0.05) is 42.8 Å². The third kappa shape index (κ3) is 4.78. The zero-order valence-electron chi connectivity index (χ0n) is 18.6. The van der Waals surface area contributed by atoms with Gasteiger partial charge in [-0.25, -0.2) is 17.2 Å². The lowest BCUT2D eigenvalue weighted by molar-refractivity contribution is 0.0240. The molecule has 0 aliphatic carbocycles. The number of amides is 1. The van der Waals surface area contributed by atoms with E-state index in [1.54, 1.807) is 35.2 Å². The first kappa shape index (κ1) is 23.7. The molecular weight excluding hydrogens is 485 g/mol. The van der Waals surface area contributed by atoms with Gasteiger partial charge < -0.3 is 14.5 Å². The van der Waals surface area contributed by atoms with Crippen molar-refractivity contribution >= 4 is 55.9 Å². The first-order valence-corrected chi connectivity index (χ1v) is 12.7. The second kappa shape index (κ2) is 8.74. The number of aromatic nitrogens is 1. The second-order valence-electron chi connectivity index (χ2n) is 8.86. The van der Waals surface area contributed by atoms with Gasteiger partial charge in [0.05, 0.1) is 21.1 Å². The minimum absolute atomic E-state index is 0.106. The number of ether oxygens (including phenoxy) is 1. The average Bonchev–Trinajstić information content (AvgIpc) is 3.17. The Balaban J connectivity index is 1.64. The molecule has 176 valence electrons. The van der Waals surface area contributed by atoms with Gasteiger partial charge in [-0.3, -0.25) is 0 Å². The van der Waals surface area contributed by atoms with Crippen LogP contribution < -0.4 is 4.90 Å². The maximum atomic E-state index is 13.3. The highest BCUT2D eigenvalue weighted by Gasteiger charge is 2.28. The Hall–Kier alpha value is -2.42. The van der Waals surface area contributed by atoms with Crippen molar-refractivity contribution in [1.29, 1.82) is 0 Å². The van der Waals surface area contributed by atoms with Crippen LogP contribution in [0.25, 0.3) is 10.9 Å². The Morgan fingerprint density at radius 2 is 1.70 bits per heavy atom. The van der Waals surface area contributed by atoms with Gasteiger partial charge in [-0.1, -0.05) is 29.3 Å². The van der Waals surface area contributed by atoms with Crippen molar-refractivity contribution in [3.05, 3.63) is 58.7 Å². The van der Waals surface area contributed by atoms with Crippen LogP contribution in [0, 0.1) is 0 Å². The topological polar surface area (TPSA) is 71.8 Å². The van der Waals surface area contributed by atoms with Gasteiger partial charge in [-0.15, -0.1) is 0 Å². The molecule has 0 spiro atoms. The molecule has 1 aromatic heterocycles. The third-order valence-electron chi connectivity index (χ3n) is 5.36. The molecule has 0 saturated carbocycles. The fraction of sp³-hybridized carbons (Fsp3) is 0.348. The van der Waals surface area contributed by atoms with Crippen LogP contribution in [0.4, 0.5) is 10.5 Å². The number of rotatable bonds is 3. The summed E-state index contributed by atoms with van der Waals surface area (Å²) >= 11 is 12.6. The van der Waals surface area contributed by atoms with Gasteiger partial charge in [0.1, 0.15) is 5.60 Å². The summed E-state index contributed by atoms with van der Waals surface area (Å²) in [6.07, 6.45) is 1.18. The van der Waals surface area contributed by atoms with Crippen LogP contribution in [0.5, 0.6) is 0 Å². The lowest BCUT2D eigenvalue weighted by Gasteiger charge is -2.37. The fourth-order valence-electron chi connectivity index (χ4n) is 3.86. The smallest absolute Gasteiger partial charge is 0.410 e. The van der Waals surface area contributed by atoms with E-state index in [2.05, 4.69) is 4.90 Å². The largest absolute Gasteiger partial charge is 0.444 e. The van der Waals surface area contributed by atoms with Crippen LogP contribution in [0.15, 0.2) is 53.6 Å². The lowest BCUT2D eigenvalue weighted by atomic mass is 10.1. The number of benzene rings is 2. The molecule has 1 amide bonds. The molecule has 7 nitrogen and oxygen atoms in total. The van der Waals surface area contributed by atoms with Crippen molar-refractivity contribution in [2.45, 2.75) is 31.3 Å². The summed E-state index contributed by atoms with van der Waals surface area (Å²) in [5.74, 6) is 0. The molecule has 33 heavy (non-hydrogen) atoms. The summed E-state index contributed by atoms with van der Waals surface area (Å²) in [6, 6.07) is 11.3. The maximum Gasteiger partial charge on any atom is 0.410 e. The molecule has 0 radical (unpaired) electrons. The van der Waals surface area contributed by atoms with Crippen LogP contribution in [0.2, 0.25) is 10.0 Å². The first-order valence-electron chi connectivity index (χ1n) is 10.5. The summed E-state index contributed by atoms with van der Waals surface area (Å²) in [4.78, 5) is 16.2. The van der Waals surface area contributed by atoms with E-state index in [0.29, 0.717) is 41.7 Å². The van der Waals surface area contributed by atoms with E-state index in [1.807, 2.05) is 20.8 Å². The summed E-state index contributed by atoms with van der Waals surface area (Å²) in [5, 5.41) is 1.59. The number of carbonyl (C=O) groups excluding carboxylic acids is 1. The lowest BCUT2D eigenvalue weighted by Crippen LogP contribution is -2.50. The van der Waals surface area contributed by atoms with Gasteiger partial charge in [0.25, 0.3) is 10.0 Å². The number of anilines is 1. The minimum atomic E-state index is -3.84. The molecule has 2 aromatic carbocycles. The molecule has 4 rings (SSSR count). The second-order valence-corrected chi connectivity index (χ2v) is 11.5. The maximum absolute atomic E-state index is 13.3. The SMILES string of the molecule is CC(C)(C)OC(=O)N1CCN(c2c(Cl)ccc3c2ccn3S(=O)(=O)c2cccc(Cl)c2)CC1. The predicted molar refractivity (Wildman–Crippen MR) is 131 cm³/mol. The Morgan fingerprint density at radius 3 is 2.33 bits per heavy atom. The third-order valence-corrected chi connectivity index (χ3v) is 7.59. The zero-order chi connectivity index (χ0) is 24.0. The molecule has 0 bridgehead atoms. The number of halogens is 2. The number of carbonyl (C=O) groups is 1. The summed E-state index contributed by atoms with van der Waals surface area (Å²) in [7, 11) is -3.84. The van der Waals surface area contributed by atoms with E-state index in [1.165, 1.54) is 22.3 Å². The van der Waals surface area contributed by atoms with Crippen LogP contribution in [-0.4, -0.2) is 55.2 Å². The van der Waals surface area contributed by atoms with Gasteiger partial charge in [-0.2, -0.15) is 0 Å². The van der Waals surface area contributed by atoms with Crippen LogP contribution in [-0.2, 0) is 14.8 Å². The van der Waals surface area contributed by atoms with E-state index >= 15 is 0 Å². The van der Waals surface area contributed by atoms with Crippen molar-refractivity contribution in [2.24, 2.45) is 0 Å². The van der Waals surface area contributed by atoms with Crippen molar-refractivity contribution in [1.82, 2.24) is 8.87 Å². The standard InChI is InChI=1S/C23H25Cl2N3O4S/c1-23(2,3)32-22(29)27-13-11-26(12-14-27)21-18-9-10-28(20(18)8-7-19(21)25)33(30,31)17-6-4-5-16(24)15-17/h4-10,15H,11-14H2,1-3H3. The molecule has 1 aliphatic heterocycles. The molecule has 1 saturated heterocycles. The Labute approximate surface area is 203 Å². The molecular formula is C23H25Cl2N3O4S. The quantitative estimate of drug-likeness (QED) is 0.482. The van der Waals surface area contributed by atoms with E-state index in [-0.39, 0.29) is 11.0 Å². The highest BCUT2D eigenvalue weighted by Crippen LogP contribution is 2.37. The van der Waals surface area contributed by atoms with Crippen LogP contribution in [0.3, 0.4) is 0 Å². The molecule has 0 atom stereocenters. The van der Waals surface area contributed by atoms with Gasteiger partial charge in [0.2, 0.25) is 0 Å². The first-order chi connectivity index (χ1) is 15.5. The van der Waals surface area contributed by atoms with E-state index in [0.717, 1.165) is 11.1 Å². The van der Waals surface area contributed by atoms with Gasteiger partial charge in [0.15, 0.2) is 0 Å². The Bertz CT molecular complexity index is 1310. The number of fused-ring (bicyclic) bond motifs is 1. The number of nitrogens with zero attached hydrogens (tertiary/aromatic N) is 3. The number of hydrogen-bond acceptors (Lipinski definition) is 5. The average molecular weight is 510 g/mol. The van der Waals surface area contributed by atoms with E-state index in [4.69, 9.17) is 27.9 Å². The molecule has 0 N–H and O–H groups in total. The minimum Gasteiger partial charge on any atom is -0.444 e. The number of piperazine rings is 1. The molecule has 1 fully saturated rings. The van der Waals surface area contributed by atoms with Crippen LogP contribution in [0.1, 0.15) is 20.8 Å². The van der Waals surface area contributed by atoms with Crippen molar-refractivity contribution in [2.75, 3.05) is 31.1 Å². The van der Waals surface area contributed by atoms with Crippen molar-refractivity contribution in [3.63, 3.8) is 0 Å².